The van der Waals surface area contributed by atoms with Crippen LogP contribution in [0.1, 0.15) is 20.7 Å². The maximum absolute atomic E-state index is 12.1. The molecule has 1 aromatic carbocycles. The molecule has 1 amide bonds. The molecular formula is C15H15N3O5. The maximum Gasteiger partial charge on any atom is 0.339 e. The molecule has 0 aliphatic rings. The molecule has 2 aromatic rings. The molecule has 0 fully saturated rings. The number of nitrogens with one attached hydrogen (secondary N) is 1. The van der Waals surface area contributed by atoms with E-state index in [-0.39, 0.29) is 23.4 Å². The second-order valence-electron chi connectivity index (χ2n) is 4.50. The predicted octanol–water partition coefficient (Wildman–Crippen LogP) is 1.10. The molecule has 0 spiro atoms. The van der Waals surface area contributed by atoms with Gasteiger partial charge in [0.05, 0.1) is 31.0 Å². The first-order chi connectivity index (χ1) is 11.0. The average molecular weight is 317 g/mol. The minimum absolute atomic E-state index is 0.0317. The molecule has 0 saturated carbocycles. The van der Waals surface area contributed by atoms with Gasteiger partial charge in [0.15, 0.2) is 0 Å². The van der Waals surface area contributed by atoms with Crippen LogP contribution in [0.4, 0.5) is 5.69 Å². The zero-order valence-corrected chi connectivity index (χ0v) is 12.6. The summed E-state index contributed by atoms with van der Waals surface area (Å²) < 4.78 is 10.7. The Balaban J connectivity index is 2.27. The molecule has 0 aliphatic heterocycles. The van der Waals surface area contributed by atoms with Gasteiger partial charge in [-0.1, -0.05) is 0 Å². The Morgan fingerprint density at radius 1 is 1.17 bits per heavy atom. The van der Waals surface area contributed by atoms with Crippen LogP contribution < -0.4 is 5.32 Å². The van der Waals surface area contributed by atoms with E-state index in [0.717, 1.165) is 0 Å². The van der Waals surface area contributed by atoms with E-state index in [0.29, 0.717) is 0 Å². The van der Waals surface area contributed by atoms with Gasteiger partial charge in [0.25, 0.3) is 0 Å². The lowest BCUT2D eigenvalue weighted by molar-refractivity contribution is -0.116. The van der Waals surface area contributed by atoms with Gasteiger partial charge in [-0.05, 0) is 24.3 Å². The highest BCUT2D eigenvalue weighted by atomic mass is 16.5. The summed E-state index contributed by atoms with van der Waals surface area (Å²) in [5.74, 6) is -1.61. The molecule has 0 unspecified atom stereocenters. The summed E-state index contributed by atoms with van der Waals surface area (Å²) in [6, 6.07) is 5.85. The average Bonchev–Trinajstić information content (AvgIpc) is 3.06. The predicted molar refractivity (Wildman–Crippen MR) is 80.0 cm³/mol. The van der Waals surface area contributed by atoms with Gasteiger partial charge in [0.1, 0.15) is 6.54 Å². The van der Waals surface area contributed by atoms with Crippen molar-refractivity contribution in [2.45, 2.75) is 6.54 Å². The molecule has 1 heterocycles. The van der Waals surface area contributed by atoms with Crippen molar-refractivity contribution in [3.05, 3.63) is 47.8 Å². The fraction of sp³-hybridized carbons (Fsp3) is 0.200. The number of benzene rings is 1. The van der Waals surface area contributed by atoms with Gasteiger partial charge in [0, 0.05) is 12.4 Å². The number of nitrogens with zero attached hydrogens (tertiary/aromatic N) is 2. The van der Waals surface area contributed by atoms with Gasteiger partial charge in [-0.25, -0.2) is 9.59 Å². The molecule has 0 atom stereocenters. The SMILES string of the molecule is COC(=O)c1ccc(C(=O)OC)c(NC(=O)Cn2cccn2)c1. The molecular weight excluding hydrogens is 302 g/mol. The number of carbonyl (C=O) groups is 3. The first-order valence-corrected chi connectivity index (χ1v) is 6.63. The van der Waals surface area contributed by atoms with Crippen LogP contribution in [-0.4, -0.2) is 41.8 Å². The number of esters is 2. The van der Waals surface area contributed by atoms with E-state index in [1.54, 1.807) is 18.5 Å². The third-order valence-electron chi connectivity index (χ3n) is 2.98. The van der Waals surface area contributed by atoms with E-state index in [1.165, 1.54) is 37.1 Å². The molecule has 0 bridgehead atoms. The monoisotopic (exact) mass is 317 g/mol. The highest BCUT2D eigenvalue weighted by molar-refractivity contribution is 6.03. The Hall–Kier alpha value is -3.16. The minimum Gasteiger partial charge on any atom is -0.465 e. The number of hydrogen-bond acceptors (Lipinski definition) is 6. The van der Waals surface area contributed by atoms with Gasteiger partial charge >= 0.3 is 11.9 Å². The zero-order chi connectivity index (χ0) is 16.8. The third-order valence-corrected chi connectivity index (χ3v) is 2.98. The smallest absolute Gasteiger partial charge is 0.339 e. The Kier molecular flexibility index (Phi) is 5.08. The van der Waals surface area contributed by atoms with Crippen LogP contribution in [0.3, 0.4) is 0 Å². The topological polar surface area (TPSA) is 99.5 Å². The molecule has 1 N–H and O–H groups in total. The van der Waals surface area contributed by atoms with Crippen LogP contribution in [0.15, 0.2) is 36.7 Å². The number of hydrogen-bond donors (Lipinski definition) is 1. The van der Waals surface area contributed by atoms with Crippen molar-refractivity contribution >= 4 is 23.5 Å². The van der Waals surface area contributed by atoms with E-state index in [4.69, 9.17) is 0 Å². The second-order valence-corrected chi connectivity index (χ2v) is 4.50. The molecule has 0 radical (unpaired) electrons. The van der Waals surface area contributed by atoms with Crippen molar-refractivity contribution in [3.63, 3.8) is 0 Å². The number of carbonyl (C=O) groups excluding carboxylic acids is 3. The van der Waals surface area contributed by atoms with Crippen molar-refractivity contribution in [3.8, 4) is 0 Å². The molecule has 8 heteroatoms. The van der Waals surface area contributed by atoms with Crippen molar-refractivity contribution in [2.75, 3.05) is 19.5 Å². The number of methoxy groups -OCH3 is 2. The molecule has 120 valence electrons. The maximum atomic E-state index is 12.1. The van der Waals surface area contributed by atoms with Gasteiger partial charge in [-0.2, -0.15) is 5.10 Å². The number of ether oxygens (including phenoxy) is 2. The van der Waals surface area contributed by atoms with Crippen molar-refractivity contribution < 1.29 is 23.9 Å². The van der Waals surface area contributed by atoms with Crippen LogP contribution in [0.2, 0.25) is 0 Å². The number of amides is 1. The molecule has 8 nitrogen and oxygen atoms in total. The van der Waals surface area contributed by atoms with Crippen LogP contribution in [0, 0.1) is 0 Å². The Morgan fingerprint density at radius 3 is 2.52 bits per heavy atom. The second kappa shape index (κ2) is 7.21. The van der Waals surface area contributed by atoms with Gasteiger partial charge in [0.2, 0.25) is 5.91 Å². The minimum atomic E-state index is -0.629. The summed E-state index contributed by atoms with van der Waals surface area (Å²) in [6.07, 6.45) is 3.18. The largest absolute Gasteiger partial charge is 0.465 e. The summed E-state index contributed by atoms with van der Waals surface area (Å²) >= 11 is 0. The summed E-state index contributed by atoms with van der Waals surface area (Å²) in [5.41, 5.74) is 0.500. The quantitative estimate of drug-likeness (QED) is 0.829. The molecule has 1 aromatic heterocycles. The highest BCUT2D eigenvalue weighted by Gasteiger charge is 2.17. The van der Waals surface area contributed by atoms with Crippen LogP contribution in [0.5, 0.6) is 0 Å². The van der Waals surface area contributed by atoms with Gasteiger partial charge in [-0.15, -0.1) is 0 Å². The molecule has 0 aliphatic carbocycles. The van der Waals surface area contributed by atoms with Gasteiger partial charge in [-0.3, -0.25) is 9.48 Å². The molecule has 23 heavy (non-hydrogen) atoms. The number of rotatable bonds is 5. The zero-order valence-electron chi connectivity index (χ0n) is 12.6. The first-order valence-electron chi connectivity index (χ1n) is 6.63. The summed E-state index contributed by atoms with van der Waals surface area (Å²) in [6.45, 7) is -0.0317. The highest BCUT2D eigenvalue weighted by Crippen LogP contribution is 2.19. The van der Waals surface area contributed by atoms with Gasteiger partial charge < -0.3 is 14.8 Å². The lowest BCUT2D eigenvalue weighted by Crippen LogP contribution is -2.21. The van der Waals surface area contributed by atoms with E-state index >= 15 is 0 Å². The van der Waals surface area contributed by atoms with Crippen molar-refractivity contribution in [1.29, 1.82) is 0 Å². The Bertz CT molecular complexity index is 725. The van der Waals surface area contributed by atoms with E-state index in [9.17, 15) is 14.4 Å². The van der Waals surface area contributed by atoms with E-state index in [2.05, 4.69) is 19.9 Å². The standard InChI is InChI=1S/C15H15N3O5/c1-22-14(20)10-4-5-11(15(21)23-2)12(8-10)17-13(19)9-18-7-3-6-16-18/h3-8H,9H2,1-2H3,(H,17,19). The van der Waals surface area contributed by atoms with Crippen LogP contribution in [-0.2, 0) is 20.8 Å². The van der Waals surface area contributed by atoms with Crippen molar-refractivity contribution in [2.24, 2.45) is 0 Å². The number of aromatic nitrogens is 2. The molecule has 0 saturated heterocycles. The van der Waals surface area contributed by atoms with Crippen molar-refractivity contribution in [1.82, 2.24) is 9.78 Å². The lowest BCUT2D eigenvalue weighted by atomic mass is 10.1. The molecule has 2 rings (SSSR count). The summed E-state index contributed by atoms with van der Waals surface area (Å²) in [7, 11) is 2.47. The van der Waals surface area contributed by atoms with E-state index in [1.807, 2.05) is 0 Å². The normalized spacial score (nSPS) is 10.0. The van der Waals surface area contributed by atoms with Crippen LogP contribution in [0.25, 0.3) is 0 Å². The Morgan fingerprint density at radius 2 is 1.91 bits per heavy atom. The summed E-state index contributed by atoms with van der Waals surface area (Å²) in [5, 5.41) is 6.50. The fourth-order valence-electron chi connectivity index (χ4n) is 1.91. The fourth-order valence-corrected chi connectivity index (χ4v) is 1.91. The lowest BCUT2D eigenvalue weighted by Gasteiger charge is -2.11. The van der Waals surface area contributed by atoms with Crippen LogP contribution >= 0.6 is 0 Å². The first kappa shape index (κ1) is 16.2. The van der Waals surface area contributed by atoms with E-state index < -0.39 is 17.8 Å². The third kappa shape index (κ3) is 3.94. The number of anilines is 1. The Labute approximate surface area is 132 Å². The summed E-state index contributed by atoms with van der Waals surface area (Å²) in [4.78, 5) is 35.4.